The molecule has 1 aromatic heterocycles. The van der Waals surface area contributed by atoms with E-state index in [0.717, 1.165) is 156 Å². The summed E-state index contributed by atoms with van der Waals surface area (Å²) in [7, 11) is 0. The second-order valence-corrected chi connectivity index (χ2v) is 34.7. The molecule has 0 amide bonds. The number of fused-ring (bicyclic) bond motifs is 10. The second kappa shape index (κ2) is 26.6. The molecule has 542 valence electrons. The van der Waals surface area contributed by atoms with Crippen LogP contribution in [0.1, 0.15) is 116 Å². The molecule has 3 nitrogen and oxygen atoms in total. The van der Waals surface area contributed by atoms with Gasteiger partial charge in [0.2, 0.25) is 0 Å². The van der Waals surface area contributed by atoms with Crippen LogP contribution in [0.3, 0.4) is 0 Å². The molecule has 2 aliphatic rings. The van der Waals surface area contributed by atoms with Gasteiger partial charge in [-0.25, -0.2) is 0 Å². The van der Waals surface area contributed by atoms with Crippen molar-refractivity contribution in [2.45, 2.75) is 105 Å². The number of hydrogen-bond acceptors (Lipinski definition) is 2. The zero-order valence-electron chi connectivity index (χ0n) is 73.6. The van der Waals surface area contributed by atoms with Crippen LogP contribution >= 0.6 is 0 Å². The van der Waals surface area contributed by atoms with Crippen molar-refractivity contribution in [1.82, 2.24) is 4.57 Å². The monoisotopic (exact) mass is 1450 g/mol. The molecular formula is C108H92BN3. The average Bonchev–Trinajstić information content (AvgIpc) is 0.750. The van der Waals surface area contributed by atoms with Crippen LogP contribution in [-0.4, -0.2) is 11.3 Å². The second-order valence-electron chi connectivity index (χ2n) is 34.7. The van der Waals surface area contributed by atoms with Crippen molar-refractivity contribution in [1.29, 1.82) is 0 Å². The van der Waals surface area contributed by atoms with Gasteiger partial charge in [-0.05, 0) is 210 Å². The third-order valence-corrected chi connectivity index (χ3v) is 23.4. The van der Waals surface area contributed by atoms with E-state index in [1.54, 1.807) is 4.57 Å². The van der Waals surface area contributed by atoms with Crippen LogP contribution < -0.4 is 26.2 Å². The van der Waals surface area contributed by atoms with Gasteiger partial charge in [0.1, 0.15) is 0 Å². The van der Waals surface area contributed by atoms with Crippen LogP contribution in [-0.2, 0) is 21.7 Å². The number of rotatable bonds is 10. The smallest absolute Gasteiger partial charge is 0.252 e. The molecule has 0 fully saturated rings. The van der Waals surface area contributed by atoms with Gasteiger partial charge in [-0.2, -0.15) is 0 Å². The molecule has 17 aromatic rings. The molecule has 3 heterocycles. The molecule has 0 atom stereocenters. The van der Waals surface area contributed by atoms with Crippen LogP contribution in [0.5, 0.6) is 0 Å². The maximum Gasteiger partial charge on any atom is 0.252 e. The van der Waals surface area contributed by atoms with E-state index in [9.17, 15) is 8.22 Å². The Kier molecular flexibility index (Phi) is 14.6. The number of nitrogens with zero attached hydrogens (tertiary/aromatic N) is 3. The number of hydrogen-bond donors (Lipinski definition) is 0. The molecule has 4 heteroatoms. The first-order chi connectivity index (χ1) is 57.4. The Bertz CT molecular complexity index is 6910. The summed E-state index contributed by atoms with van der Waals surface area (Å²) in [5.74, 6) is 0. The standard InChI is InChI=1S/C108H92BN3/c1-105(2,3)81-60-80(61-82(63-81)106(4,5)6)75-52-55-94-98(62-75)111(104-92(76-40-28-38-73(57-76)69-31-16-13-17-32-69)64-83(107(7,8)9)65-93(104)77-41-29-39-74(58-77)70-33-18-14-19-34-70)100-66-84(108(10,11)12)67-101-102(100)109(94)95-56-53-85(110-96-47-26-24-43-90(96)91-44-25-27-48-97(91)110)68-99(95)112(101)103-88(71-35-20-15-21-36-71)45-30-46-89(103)79-51-54-87-78(59-79)50-49-72-37-22-23-42-86(72)87/h13-68H,1-12H3/i24D,25D,26D,27D,43D,44D,47D,48D. The van der Waals surface area contributed by atoms with Gasteiger partial charge in [-0.15, -0.1) is 0 Å². The topological polar surface area (TPSA) is 11.4 Å². The normalized spacial score (nSPS) is 13.9. The van der Waals surface area contributed by atoms with E-state index < -0.39 is 48.4 Å². The minimum absolute atomic E-state index is 0.00999. The van der Waals surface area contributed by atoms with Gasteiger partial charge in [0.05, 0.1) is 33.4 Å². The lowest BCUT2D eigenvalue weighted by Gasteiger charge is -2.46. The first-order valence-electron chi connectivity index (χ1n) is 43.2. The van der Waals surface area contributed by atoms with Crippen molar-refractivity contribution in [3.63, 3.8) is 0 Å². The molecule has 0 N–H and O–H groups in total. The average molecular weight is 1450 g/mol. The molecule has 16 aromatic carbocycles. The Morgan fingerprint density at radius 1 is 0.259 bits per heavy atom. The van der Waals surface area contributed by atoms with Crippen LogP contribution in [0.15, 0.2) is 340 Å². The zero-order valence-corrected chi connectivity index (χ0v) is 65.6. The lowest BCUT2D eigenvalue weighted by atomic mass is 9.33. The SMILES string of the molecule is [2H]c1c([2H])c([2H])c2c(c1[2H])c1c([2H])c([2H])c([2H])c([2H])c1n2-c1ccc2c(c1)N(c1c(-c3ccccc3)cccc1-c1ccc3c(ccc4ccccc43)c1)c1cc(C(C)(C)C)cc3c1B2c1ccc(-c2cc(C(C)(C)C)cc(C(C)(C)C)c2)cc1N3c1c(-c2cccc(-c3ccccc3)c2)cc(C(C)(C)C)cc1-c1cccc(-c2ccccc2)c1. The molecule has 0 bridgehead atoms. The summed E-state index contributed by atoms with van der Waals surface area (Å²) in [5, 5.41) is 4.54. The summed E-state index contributed by atoms with van der Waals surface area (Å²) in [6, 6.07) is 104. The number of para-hydroxylation sites is 3. The minimum atomic E-state index is -0.520. The predicted octanol–water partition coefficient (Wildman–Crippen LogP) is 28.0. The van der Waals surface area contributed by atoms with E-state index in [-0.39, 0.29) is 50.1 Å². The summed E-state index contributed by atoms with van der Waals surface area (Å²) in [6.07, 6.45) is 0. The lowest BCUT2D eigenvalue weighted by Crippen LogP contribution is -2.61. The van der Waals surface area contributed by atoms with Gasteiger partial charge in [-0.1, -0.05) is 350 Å². The molecule has 19 rings (SSSR count). The first kappa shape index (κ1) is 61.3. The van der Waals surface area contributed by atoms with Crippen molar-refractivity contribution in [3.05, 3.63) is 362 Å². The molecular weight excluding hydrogens is 1350 g/mol. The maximum atomic E-state index is 9.95. The third-order valence-electron chi connectivity index (χ3n) is 23.4. The molecule has 0 unspecified atom stereocenters. The number of aromatic nitrogens is 1. The lowest BCUT2D eigenvalue weighted by molar-refractivity contribution is 0.569. The Labute approximate surface area is 672 Å². The number of benzene rings is 16. The molecule has 0 radical (unpaired) electrons. The Morgan fingerprint density at radius 2 is 0.670 bits per heavy atom. The van der Waals surface area contributed by atoms with Gasteiger partial charge in [0, 0.05) is 61.5 Å². The Hall–Kier alpha value is -12.5. The van der Waals surface area contributed by atoms with E-state index in [1.165, 1.54) is 16.7 Å². The van der Waals surface area contributed by atoms with Gasteiger partial charge in [0.15, 0.2) is 0 Å². The van der Waals surface area contributed by atoms with Crippen LogP contribution in [0.2, 0.25) is 0 Å². The summed E-state index contributed by atoms with van der Waals surface area (Å²) in [4.78, 5) is 5.13. The molecule has 0 saturated heterocycles. The van der Waals surface area contributed by atoms with Crippen molar-refractivity contribution < 1.29 is 11.0 Å². The van der Waals surface area contributed by atoms with Crippen molar-refractivity contribution >= 4 is 101 Å². The van der Waals surface area contributed by atoms with E-state index in [1.807, 2.05) is 6.07 Å². The van der Waals surface area contributed by atoms with Crippen molar-refractivity contribution in [2.75, 3.05) is 9.80 Å². The minimum Gasteiger partial charge on any atom is -0.310 e. The highest BCUT2D eigenvalue weighted by molar-refractivity contribution is 7.00. The summed E-state index contributed by atoms with van der Waals surface area (Å²) >= 11 is 0. The highest BCUT2D eigenvalue weighted by Gasteiger charge is 2.47. The molecule has 2 aliphatic heterocycles. The van der Waals surface area contributed by atoms with Gasteiger partial charge in [-0.3, -0.25) is 0 Å². The van der Waals surface area contributed by atoms with Gasteiger partial charge < -0.3 is 14.4 Å². The van der Waals surface area contributed by atoms with Gasteiger partial charge in [0.25, 0.3) is 6.71 Å². The highest BCUT2D eigenvalue weighted by atomic mass is 15.2. The Balaban J connectivity index is 1.01. The van der Waals surface area contributed by atoms with Crippen molar-refractivity contribution in [2.24, 2.45) is 0 Å². The first-order valence-corrected chi connectivity index (χ1v) is 39.2. The highest BCUT2D eigenvalue weighted by Crippen LogP contribution is 2.56. The largest absolute Gasteiger partial charge is 0.310 e. The van der Waals surface area contributed by atoms with Crippen LogP contribution in [0.25, 0.3) is 127 Å². The molecule has 112 heavy (non-hydrogen) atoms. The maximum absolute atomic E-state index is 9.95. The fraction of sp³-hybridized carbons (Fsp3) is 0.148. The third kappa shape index (κ3) is 12.1. The van der Waals surface area contributed by atoms with Crippen molar-refractivity contribution in [3.8, 4) is 83.6 Å². The number of anilines is 6. The zero-order chi connectivity index (χ0) is 83.7. The summed E-state index contributed by atoms with van der Waals surface area (Å²) in [6.45, 7) is 27.2. The molecule has 0 spiro atoms. The summed E-state index contributed by atoms with van der Waals surface area (Å²) < 4.78 is 78.0. The van der Waals surface area contributed by atoms with E-state index in [0.29, 0.717) is 5.69 Å². The quantitative estimate of drug-likeness (QED) is 0.0999. The van der Waals surface area contributed by atoms with E-state index >= 15 is 0 Å². The van der Waals surface area contributed by atoms with E-state index in [2.05, 4.69) is 378 Å². The fourth-order valence-electron chi connectivity index (χ4n) is 17.3. The van der Waals surface area contributed by atoms with Gasteiger partial charge >= 0.3 is 0 Å². The fourth-order valence-corrected chi connectivity index (χ4v) is 17.3. The molecule has 0 aliphatic carbocycles. The predicted molar refractivity (Wildman–Crippen MR) is 483 cm³/mol. The Morgan fingerprint density at radius 3 is 1.23 bits per heavy atom. The van der Waals surface area contributed by atoms with Crippen LogP contribution in [0, 0.1) is 0 Å². The molecule has 0 saturated carbocycles. The summed E-state index contributed by atoms with van der Waals surface area (Å²) in [5.41, 5.74) is 27.2. The van der Waals surface area contributed by atoms with Crippen LogP contribution in [0.4, 0.5) is 34.1 Å². The van der Waals surface area contributed by atoms with E-state index in [4.69, 9.17) is 2.74 Å².